The summed E-state index contributed by atoms with van der Waals surface area (Å²) in [6.45, 7) is 7.42. The SMILES string of the molecule is CC(C)(C#N)N1CCN(c2nncc3ccccc23)CC1. The van der Waals surface area contributed by atoms with E-state index in [4.69, 9.17) is 0 Å². The Morgan fingerprint density at radius 3 is 2.57 bits per heavy atom. The summed E-state index contributed by atoms with van der Waals surface area (Å²) in [5, 5.41) is 19.9. The zero-order valence-electron chi connectivity index (χ0n) is 12.5. The molecule has 0 aliphatic carbocycles. The normalized spacial score (nSPS) is 16.9. The topological polar surface area (TPSA) is 56.1 Å². The summed E-state index contributed by atoms with van der Waals surface area (Å²) in [7, 11) is 0. The van der Waals surface area contributed by atoms with E-state index < -0.39 is 5.54 Å². The number of fused-ring (bicyclic) bond motifs is 1. The third kappa shape index (κ3) is 2.55. The van der Waals surface area contributed by atoms with Crippen LogP contribution >= 0.6 is 0 Å². The van der Waals surface area contributed by atoms with Gasteiger partial charge in [0.1, 0.15) is 5.54 Å². The standard InChI is InChI=1S/C16H19N5/c1-16(2,12-17)21-9-7-20(8-10-21)15-14-6-4-3-5-13(14)11-18-19-15/h3-6,11H,7-10H2,1-2H3. The van der Waals surface area contributed by atoms with E-state index in [0.29, 0.717) is 0 Å². The fourth-order valence-electron chi connectivity index (χ4n) is 2.79. The molecule has 0 spiro atoms. The van der Waals surface area contributed by atoms with E-state index in [1.54, 1.807) is 6.20 Å². The molecule has 1 saturated heterocycles. The molecule has 1 fully saturated rings. The van der Waals surface area contributed by atoms with Crippen molar-refractivity contribution in [2.24, 2.45) is 0 Å². The molecule has 0 saturated carbocycles. The molecule has 21 heavy (non-hydrogen) atoms. The van der Waals surface area contributed by atoms with Gasteiger partial charge in [-0.1, -0.05) is 24.3 Å². The first-order chi connectivity index (χ1) is 10.1. The predicted molar refractivity (Wildman–Crippen MR) is 83.0 cm³/mol. The molecule has 0 N–H and O–H groups in total. The third-order valence-electron chi connectivity index (χ3n) is 4.19. The summed E-state index contributed by atoms with van der Waals surface area (Å²) >= 11 is 0. The van der Waals surface area contributed by atoms with Crippen molar-refractivity contribution in [2.75, 3.05) is 31.1 Å². The zero-order chi connectivity index (χ0) is 14.9. The second-order valence-corrected chi connectivity index (χ2v) is 5.90. The molecule has 0 radical (unpaired) electrons. The van der Waals surface area contributed by atoms with Crippen molar-refractivity contribution in [3.05, 3.63) is 30.5 Å². The minimum atomic E-state index is -0.406. The van der Waals surface area contributed by atoms with Gasteiger partial charge in [-0.3, -0.25) is 4.90 Å². The number of nitrogens with zero attached hydrogens (tertiary/aromatic N) is 5. The highest BCUT2D eigenvalue weighted by Crippen LogP contribution is 2.25. The second-order valence-electron chi connectivity index (χ2n) is 5.90. The highest BCUT2D eigenvalue weighted by molar-refractivity contribution is 5.91. The van der Waals surface area contributed by atoms with Gasteiger partial charge in [0.05, 0.1) is 12.3 Å². The maximum absolute atomic E-state index is 9.24. The monoisotopic (exact) mass is 281 g/mol. The first-order valence-corrected chi connectivity index (χ1v) is 7.23. The number of aromatic nitrogens is 2. The predicted octanol–water partition coefficient (Wildman–Crippen LogP) is 2.05. The molecule has 1 aliphatic rings. The number of hydrogen-bond acceptors (Lipinski definition) is 5. The number of anilines is 1. The number of nitriles is 1. The van der Waals surface area contributed by atoms with E-state index in [1.165, 1.54) is 0 Å². The quantitative estimate of drug-likeness (QED) is 0.843. The molecule has 0 atom stereocenters. The van der Waals surface area contributed by atoms with Gasteiger partial charge in [-0.2, -0.15) is 10.4 Å². The molecule has 3 rings (SSSR count). The van der Waals surface area contributed by atoms with Gasteiger partial charge in [-0.25, -0.2) is 0 Å². The van der Waals surface area contributed by atoms with E-state index in [1.807, 2.05) is 26.0 Å². The number of rotatable bonds is 2. The Balaban J connectivity index is 1.82. The van der Waals surface area contributed by atoms with Crippen molar-refractivity contribution in [2.45, 2.75) is 19.4 Å². The summed E-state index contributed by atoms with van der Waals surface area (Å²) < 4.78 is 0. The summed E-state index contributed by atoms with van der Waals surface area (Å²) in [5.74, 6) is 0.947. The van der Waals surface area contributed by atoms with Gasteiger partial charge in [0.2, 0.25) is 0 Å². The Morgan fingerprint density at radius 1 is 1.14 bits per heavy atom. The van der Waals surface area contributed by atoms with E-state index in [-0.39, 0.29) is 0 Å². The number of hydrogen-bond donors (Lipinski definition) is 0. The van der Waals surface area contributed by atoms with Gasteiger partial charge in [0, 0.05) is 37.0 Å². The lowest BCUT2D eigenvalue weighted by atomic mass is 10.0. The van der Waals surface area contributed by atoms with Crippen LogP contribution in [0.25, 0.3) is 10.8 Å². The molecule has 5 heteroatoms. The first kappa shape index (κ1) is 13.8. The maximum atomic E-state index is 9.24. The Bertz CT molecular complexity index is 675. The minimum Gasteiger partial charge on any atom is -0.352 e. The fourth-order valence-corrected chi connectivity index (χ4v) is 2.79. The van der Waals surface area contributed by atoms with Crippen molar-refractivity contribution in [1.82, 2.24) is 15.1 Å². The molecule has 1 aromatic heterocycles. The summed E-state index contributed by atoms with van der Waals surface area (Å²) in [4.78, 5) is 4.49. The average Bonchev–Trinajstić information content (AvgIpc) is 2.54. The van der Waals surface area contributed by atoms with Crippen molar-refractivity contribution in [3.8, 4) is 6.07 Å². The molecule has 5 nitrogen and oxygen atoms in total. The van der Waals surface area contributed by atoms with Crippen LogP contribution in [0.2, 0.25) is 0 Å². The van der Waals surface area contributed by atoms with Gasteiger partial charge in [-0.15, -0.1) is 5.10 Å². The van der Waals surface area contributed by atoms with Gasteiger partial charge >= 0.3 is 0 Å². The van der Waals surface area contributed by atoms with Gasteiger partial charge in [0.25, 0.3) is 0 Å². The number of benzene rings is 1. The summed E-state index contributed by atoms with van der Waals surface area (Å²) in [5.41, 5.74) is -0.406. The van der Waals surface area contributed by atoms with E-state index in [2.05, 4.69) is 38.2 Å². The van der Waals surface area contributed by atoms with Crippen molar-refractivity contribution < 1.29 is 0 Å². The van der Waals surface area contributed by atoms with Crippen LogP contribution in [0, 0.1) is 11.3 Å². The lowest BCUT2D eigenvalue weighted by Gasteiger charge is -2.40. The lowest BCUT2D eigenvalue weighted by molar-refractivity contribution is 0.158. The molecule has 0 unspecified atom stereocenters. The highest BCUT2D eigenvalue weighted by Gasteiger charge is 2.30. The number of piperazine rings is 1. The lowest BCUT2D eigenvalue weighted by Crippen LogP contribution is -2.54. The van der Waals surface area contributed by atoms with E-state index in [0.717, 1.165) is 42.8 Å². The molecule has 108 valence electrons. The Kier molecular flexibility index (Phi) is 3.48. The van der Waals surface area contributed by atoms with Gasteiger partial charge in [-0.05, 0) is 13.8 Å². The molecule has 1 aliphatic heterocycles. The molecule has 2 aromatic rings. The van der Waals surface area contributed by atoms with Crippen LogP contribution in [-0.2, 0) is 0 Å². The second kappa shape index (κ2) is 5.30. The fraction of sp³-hybridized carbons (Fsp3) is 0.438. The molecule has 2 heterocycles. The highest BCUT2D eigenvalue weighted by atomic mass is 15.3. The Hall–Kier alpha value is -2.19. The molecule has 0 bridgehead atoms. The van der Waals surface area contributed by atoms with Crippen LogP contribution in [0.3, 0.4) is 0 Å². The van der Waals surface area contributed by atoms with Crippen LogP contribution < -0.4 is 4.90 Å². The minimum absolute atomic E-state index is 0.406. The van der Waals surface area contributed by atoms with Crippen LogP contribution in [0.1, 0.15) is 13.8 Å². The molecule has 1 aromatic carbocycles. The van der Waals surface area contributed by atoms with Crippen LogP contribution in [0.5, 0.6) is 0 Å². The molecule has 0 amide bonds. The smallest absolute Gasteiger partial charge is 0.159 e. The summed E-state index contributed by atoms with van der Waals surface area (Å²) in [6, 6.07) is 10.6. The Labute approximate surface area is 124 Å². The largest absolute Gasteiger partial charge is 0.352 e. The van der Waals surface area contributed by atoms with E-state index in [9.17, 15) is 5.26 Å². The van der Waals surface area contributed by atoms with Crippen molar-refractivity contribution in [3.63, 3.8) is 0 Å². The van der Waals surface area contributed by atoms with Crippen LogP contribution in [0.15, 0.2) is 30.5 Å². The van der Waals surface area contributed by atoms with Crippen molar-refractivity contribution in [1.29, 1.82) is 5.26 Å². The average molecular weight is 281 g/mol. The Morgan fingerprint density at radius 2 is 1.86 bits per heavy atom. The third-order valence-corrected chi connectivity index (χ3v) is 4.19. The van der Waals surface area contributed by atoms with Crippen LogP contribution in [0.4, 0.5) is 5.82 Å². The van der Waals surface area contributed by atoms with Gasteiger partial charge < -0.3 is 4.90 Å². The van der Waals surface area contributed by atoms with Crippen molar-refractivity contribution >= 4 is 16.6 Å². The van der Waals surface area contributed by atoms with Gasteiger partial charge in [0.15, 0.2) is 5.82 Å². The zero-order valence-corrected chi connectivity index (χ0v) is 12.5. The van der Waals surface area contributed by atoms with E-state index >= 15 is 0 Å². The molecular formula is C16H19N5. The first-order valence-electron chi connectivity index (χ1n) is 7.23. The summed E-state index contributed by atoms with van der Waals surface area (Å²) in [6.07, 6.45) is 1.80. The maximum Gasteiger partial charge on any atom is 0.159 e. The van der Waals surface area contributed by atoms with Crippen LogP contribution in [-0.4, -0.2) is 46.8 Å². The molecular weight excluding hydrogens is 262 g/mol.